The number of hydrogen-bond acceptors (Lipinski definition) is 1. The summed E-state index contributed by atoms with van der Waals surface area (Å²) in [6.07, 6.45) is 0. The summed E-state index contributed by atoms with van der Waals surface area (Å²) in [7, 11) is 0. The fourth-order valence-corrected chi connectivity index (χ4v) is 1.37. The first-order valence-corrected chi connectivity index (χ1v) is 4.03. The number of nitrogens with one attached hydrogen (secondary N) is 2. The Labute approximate surface area is 74.7 Å². The normalized spacial score (nSPS) is 10.8. The van der Waals surface area contributed by atoms with E-state index >= 15 is 0 Å². The predicted molar refractivity (Wildman–Crippen MR) is 46.6 cm³/mol. The molecule has 5 heteroatoms. The maximum Gasteiger partial charge on any atom is 0.323 e. The lowest BCUT2D eigenvalue weighted by Gasteiger charge is -1.92. The summed E-state index contributed by atoms with van der Waals surface area (Å²) in [4.78, 5) is 15.7. The first kappa shape index (κ1) is 7.54. The summed E-state index contributed by atoms with van der Waals surface area (Å²) in [5.74, 6) is -0.391. The van der Waals surface area contributed by atoms with Crippen molar-refractivity contribution in [2.45, 2.75) is 0 Å². The molecule has 0 aliphatic carbocycles. The number of aromatic nitrogens is 2. The maximum atomic E-state index is 12.9. The van der Waals surface area contributed by atoms with Crippen molar-refractivity contribution in [1.29, 1.82) is 0 Å². The van der Waals surface area contributed by atoms with E-state index in [2.05, 4.69) is 25.9 Å². The molecule has 0 saturated carbocycles. The molecule has 1 aromatic carbocycles. The van der Waals surface area contributed by atoms with E-state index in [1.165, 1.54) is 12.1 Å². The van der Waals surface area contributed by atoms with Crippen LogP contribution in [-0.2, 0) is 0 Å². The molecule has 0 fully saturated rings. The first-order valence-electron chi connectivity index (χ1n) is 3.24. The van der Waals surface area contributed by atoms with Gasteiger partial charge >= 0.3 is 5.69 Å². The fourth-order valence-electron chi connectivity index (χ4n) is 1.03. The van der Waals surface area contributed by atoms with Gasteiger partial charge in [0.25, 0.3) is 0 Å². The van der Waals surface area contributed by atoms with Crippen LogP contribution in [0.1, 0.15) is 0 Å². The number of hydrogen-bond donors (Lipinski definition) is 2. The molecule has 62 valence electrons. The Morgan fingerprint density at radius 3 is 2.50 bits per heavy atom. The number of H-pyrrole nitrogens is 2. The Hall–Kier alpha value is -1.10. The molecule has 0 aliphatic heterocycles. The van der Waals surface area contributed by atoms with Crippen LogP contribution in [0, 0.1) is 5.82 Å². The van der Waals surface area contributed by atoms with Crippen molar-refractivity contribution in [2.75, 3.05) is 0 Å². The molecule has 0 bridgehead atoms. The van der Waals surface area contributed by atoms with Crippen LogP contribution in [0.25, 0.3) is 11.0 Å². The van der Waals surface area contributed by atoms with E-state index in [1.807, 2.05) is 0 Å². The first-order chi connectivity index (χ1) is 5.66. The molecular formula is C7H4BrFN2O. The van der Waals surface area contributed by atoms with Crippen LogP contribution in [0.15, 0.2) is 21.4 Å². The lowest BCUT2D eigenvalue weighted by Crippen LogP contribution is -1.99. The second kappa shape index (κ2) is 2.45. The number of aromatic amines is 2. The van der Waals surface area contributed by atoms with Gasteiger partial charge in [-0.05, 0) is 22.0 Å². The molecule has 3 nitrogen and oxygen atoms in total. The standard InChI is InChI=1S/C7H4BrFN2O/c8-3-1-5-6(2-4(3)9)11-7(12)10-5/h1-2H,(H2,10,11,12). The van der Waals surface area contributed by atoms with Gasteiger partial charge in [-0.1, -0.05) is 0 Å². The molecule has 0 atom stereocenters. The molecular weight excluding hydrogens is 227 g/mol. The Bertz CT molecular complexity index is 446. The van der Waals surface area contributed by atoms with E-state index in [0.29, 0.717) is 15.5 Å². The van der Waals surface area contributed by atoms with Crippen molar-refractivity contribution < 1.29 is 4.39 Å². The van der Waals surface area contributed by atoms with Gasteiger partial charge in [-0.2, -0.15) is 0 Å². The number of imidazole rings is 1. The SMILES string of the molecule is O=c1[nH]c2cc(F)c(Br)cc2[nH]1. The number of benzene rings is 1. The molecule has 1 aromatic heterocycles. The zero-order valence-corrected chi connectivity index (χ0v) is 7.40. The molecule has 1 heterocycles. The minimum absolute atomic E-state index is 0.331. The highest BCUT2D eigenvalue weighted by atomic mass is 79.9. The summed E-state index contributed by atoms with van der Waals surface area (Å²) in [6.45, 7) is 0. The summed E-state index contributed by atoms with van der Waals surface area (Å²) < 4.78 is 13.2. The second-order valence-corrected chi connectivity index (χ2v) is 3.25. The molecule has 0 saturated heterocycles. The van der Waals surface area contributed by atoms with Crippen molar-refractivity contribution in [3.63, 3.8) is 0 Å². The van der Waals surface area contributed by atoms with Gasteiger partial charge in [-0.3, -0.25) is 0 Å². The van der Waals surface area contributed by atoms with Crippen LogP contribution in [0.5, 0.6) is 0 Å². The van der Waals surface area contributed by atoms with Gasteiger partial charge in [-0.25, -0.2) is 9.18 Å². The molecule has 0 unspecified atom stereocenters. The lowest BCUT2D eigenvalue weighted by atomic mass is 10.3. The molecule has 12 heavy (non-hydrogen) atoms. The number of rotatable bonds is 0. The molecule has 0 aliphatic rings. The predicted octanol–water partition coefficient (Wildman–Crippen LogP) is 1.76. The van der Waals surface area contributed by atoms with Crippen LogP contribution in [0.4, 0.5) is 4.39 Å². The Morgan fingerprint density at radius 1 is 1.25 bits per heavy atom. The molecule has 2 aromatic rings. The number of fused-ring (bicyclic) bond motifs is 1. The summed E-state index contributed by atoms with van der Waals surface area (Å²) in [5, 5.41) is 0. The van der Waals surface area contributed by atoms with Crippen LogP contribution in [0.2, 0.25) is 0 Å². The average Bonchev–Trinajstić information content (AvgIpc) is 2.30. The van der Waals surface area contributed by atoms with Gasteiger partial charge < -0.3 is 9.97 Å². The molecule has 2 N–H and O–H groups in total. The van der Waals surface area contributed by atoms with E-state index < -0.39 is 5.82 Å². The third-order valence-corrected chi connectivity index (χ3v) is 2.16. The zero-order valence-electron chi connectivity index (χ0n) is 5.82. The Morgan fingerprint density at radius 2 is 1.83 bits per heavy atom. The van der Waals surface area contributed by atoms with Gasteiger partial charge in [0.05, 0.1) is 15.5 Å². The van der Waals surface area contributed by atoms with Crippen LogP contribution >= 0.6 is 15.9 Å². The average molecular weight is 231 g/mol. The van der Waals surface area contributed by atoms with Crippen molar-refractivity contribution >= 4 is 27.0 Å². The van der Waals surface area contributed by atoms with Crippen molar-refractivity contribution in [2.24, 2.45) is 0 Å². The highest BCUT2D eigenvalue weighted by Gasteiger charge is 2.03. The third-order valence-electron chi connectivity index (χ3n) is 1.56. The molecule has 0 spiro atoms. The van der Waals surface area contributed by atoms with Crippen LogP contribution in [0.3, 0.4) is 0 Å². The number of halogens is 2. The van der Waals surface area contributed by atoms with Gasteiger partial charge in [0.2, 0.25) is 0 Å². The van der Waals surface area contributed by atoms with Gasteiger partial charge in [-0.15, -0.1) is 0 Å². The quantitative estimate of drug-likeness (QED) is 0.712. The van der Waals surface area contributed by atoms with E-state index in [4.69, 9.17) is 0 Å². The summed E-state index contributed by atoms with van der Waals surface area (Å²) in [5.41, 5.74) is 0.733. The highest BCUT2D eigenvalue weighted by molar-refractivity contribution is 9.10. The fraction of sp³-hybridized carbons (Fsp3) is 0. The topological polar surface area (TPSA) is 48.6 Å². The summed E-state index contributed by atoms with van der Waals surface area (Å²) >= 11 is 3.01. The van der Waals surface area contributed by atoms with E-state index in [-0.39, 0.29) is 5.69 Å². The van der Waals surface area contributed by atoms with Crippen LogP contribution in [-0.4, -0.2) is 9.97 Å². The smallest absolute Gasteiger partial charge is 0.306 e. The maximum absolute atomic E-state index is 12.9. The van der Waals surface area contributed by atoms with Gasteiger partial charge in [0.1, 0.15) is 5.82 Å². The Kier molecular flexibility index (Phi) is 1.54. The Balaban J connectivity index is 2.92. The van der Waals surface area contributed by atoms with Crippen molar-refractivity contribution in [1.82, 2.24) is 9.97 Å². The minimum atomic E-state index is -0.391. The van der Waals surface area contributed by atoms with Gasteiger partial charge in [0.15, 0.2) is 0 Å². The second-order valence-electron chi connectivity index (χ2n) is 2.39. The van der Waals surface area contributed by atoms with E-state index in [9.17, 15) is 9.18 Å². The van der Waals surface area contributed by atoms with E-state index in [1.54, 1.807) is 0 Å². The lowest BCUT2D eigenvalue weighted by molar-refractivity contribution is 0.623. The van der Waals surface area contributed by atoms with E-state index in [0.717, 1.165) is 0 Å². The molecule has 2 rings (SSSR count). The largest absolute Gasteiger partial charge is 0.323 e. The monoisotopic (exact) mass is 230 g/mol. The van der Waals surface area contributed by atoms with Crippen LogP contribution < -0.4 is 5.69 Å². The minimum Gasteiger partial charge on any atom is -0.306 e. The molecule has 0 amide bonds. The molecule has 0 radical (unpaired) electrons. The van der Waals surface area contributed by atoms with Gasteiger partial charge in [0, 0.05) is 6.07 Å². The van der Waals surface area contributed by atoms with Crippen molar-refractivity contribution in [3.05, 3.63) is 32.9 Å². The highest BCUT2D eigenvalue weighted by Crippen LogP contribution is 2.19. The summed E-state index contributed by atoms with van der Waals surface area (Å²) in [6, 6.07) is 2.78. The van der Waals surface area contributed by atoms with Crippen molar-refractivity contribution in [3.8, 4) is 0 Å². The third kappa shape index (κ3) is 1.06. The zero-order chi connectivity index (χ0) is 8.72.